The summed E-state index contributed by atoms with van der Waals surface area (Å²) in [6.07, 6.45) is 0. The maximum Gasteiger partial charge on any atom is 0.255 e. The monoisotopic (exact) mass is 304 g/mol. The topological polar surface area (TPSA) is 33.2 Å². The second-order valence-corrected chi connectivity index (χ2v) is 5.61. The van der Waals surface area contributed by atoms with Crippen molar-refractivity contribution >= 4 is 17.5 Å². The third kappa shape index (κ3) is 2.76. The predicted molar refractivity (Wildman–Crippen MR) is 79.0 cm³/mol. The Balaban J connectivity index is 1.68. The number of hydrogen-bond acceptors (Lipinski definition) is 2. The highest BCUT2D eigenvalue weighted by Crippen LogP contribution is 2.29. The smallest absolute Gasteiger partial charge is 0.255 e. The van der Waals surface area contributed by atoms with Gasteiger partial charge in [0.05, 0.1) is 11.3 Å². The van der Waals surface area contributed by atoms with Gasteiger partial charge in [0.15, 0.2) is 0 Å². The van der Waals surface area contributed by atoms with Crippen molar-refractivity contribution in [1.29, 1.82) is 0 Å². The molecule has 0 atom stereocenters. The van der Waals surface area contributed by atoms with Crippen molar-refractivity contribution < 1.29 is 9.18 Å². The van der Waals surface area contributed by atoms with Gasteiger partial charge in [-0.1, -0.05) is 23.7 Å². The molecule has 1 saturated heterocycles. The summed E-state index contributed by atoms with van der Waals surface area (Å²) < 4.78 is 12.9. The zero-order valence-corrected chi connectivity index (χ0v) is 12.3. The van der Waals surface area contributed by atoms with Crippen LogP contribution >= 0.6 is 11.6 Å². The van der Waals surface area contributed by atoms with Crippen LogP contribution in [0.1, 0.15) is 27.5 Å². The number of halogens is 2. The molecule has 1 aromatic heterocycles. The van der Waals surface area contributed by atoms with Gasteiger partial charge in [0, 0.05) is 19.0 Å². The fraction of sp³-hybridized carbons (Fsp3) is 0.250. The molecule has 0 radical (unpaired) electrons. The maximum absolute atomic E-state index is 12.9. The number of likely N-dealkylation sites (tertiary alicyclic amines) is 1. The first-order valence-corrected chi connectivity index (χ1v) is 7.10. The molecular weight excluding hydrogens is 291 g/mol. The van der Waals surface area contributed by atoms with Crippen LogP contribution in [0.25, 0.3) is 0 Å². The summed E-state index contributed by atoms with van der Waals surface area (Å²) in [5.74, 6) is -0.000914. The van der Waals surface area contributed by atoms with E-state index in [1.54, 1.807) is 36.1 Å². The van der Waals surface area contributed by atoms with Crippen molar-refractivity contribution in [1.82, 2.24) is 9.88 Å². The van der Waals surface area contributed by atoms with Gasteiger partial charge in [0.25, 0.3) is 5.91 Å². The van der Waals surface area contributed by atoms with Crippen LogP contribution in [0.5, 0.6) is 0 Å². The van der Waals surface area contributed by atoms with Crippen LogP contribution in [0.4, 0.5) is 4.39 Å². The molecule has 2 heterocycles. The number of carbonyl (C=O) groups excluding carboxylic acids is 1. The van der Waals surface area contributed by atoms with E-state index < -0.39 is 0 Å². The van der Waals surface area contributed by atoms with Gasteiger partial charge in [0.1, 0.15) is 11.0 Å². The number of pyridine rings is 1. The van der Waals surface area contributed by atoms with Crippen molar-refractivity contribution in [2.45, 2.75) is 12.8 Å². The lowest BCUT2D eigenvalue weighted by Crippen LogP contribution is -2.48. The lowest BCUT2D eigenvalue weighted by molar-refractivity contribution is 0.0601. The highest BCUT2D eigenvalue weighted by atomic mass is 35.5. The van der Waals surface area contributed by atoms with Crippen LogP contribution in [-0.4, -0.2) is 28.9 Å². The number of aryl methyl sites for hydroxylation is 1. The SMILES string of the molecule is Cc1nc(Cl)ccc1C(=O)N1CC(c2ccc(F)cc2)C1. The molecule has 0 aliphatic carbocycles. The molecule has 2 aromatic rings. The van der Waals surface area contributed by atoms with E-state index in [1.807, 2.05) is 0 Å². The molecule has 0 spiro atoms. The molecular formula is C16H14ClFN2O. The summed E-state index contributed by atoms with van der Waals surface area (Å²) in [5, 5.41) is 0.386. The van der Waals surface area contributed by atoms with E-state index in [0.29, 0.717) is 29.5 Å². The number of nitrogens with zero attached hydrogens (tertiary/aromatic N) is 2. The molecule has 0 N–H and O–H groups in total. The zero-order valence-electron chi connectivity index (χ0n) is 11.5. The fourth-order valence-electron chi connectivity index (χ4n) is 2.52. The summed E-state index contributed by atoms with van der Waals surface area (Å²) >= 11 is 5.80. The van der Waals surface area contributed by atoms with E-state index in [1.165, 1.54) is 12.1 Å². The molecule has 3 nitrogen and oxygen atoms in total. The average Bonchev–Trinajstić information content (AvgIpc) is 2.39. The highest BCUT2D eigenvalue weighted by Gasteiger charge is 2.32. The first-order valence-electron chi connectivity index (χ1n) is 6.72. The third-order valence-electron chi connectivity index (χ3n) is 3.79. The first-order chi connectivity index (χ1) is 10.0. The van der Waals surface area contributed by atoms with Gasteiger partial charge >= 0.3 is 0 Å². The molecule has 1 amide bonds. The average molecular weight is 305 g/mol. The minimum Gasteiger partial charge on any atom is -0.337 e. The fourth-order valence-corrected chi connectivity index (χ4v) is 2.71. The molecule has 5 heteroatoms. The summed E-state index contributed by atoms with van der Waals surface area (Å²) in [6.45, 7) is 3.06. The van der Waals surface area contributed by atoms with Crippen LogP contribution in [-0.2, 0) is 0 Å². The van der Waals surface area contributed by atoms with Gasteiger partial charge in [-0.2, -0.15) is 0 Å². The molecule has 108 valence electrons. The lowest BCUT2D eigenvalue weighted by Gasteiger charge is -2.39. The van der Waals surface area contributed by atoms with E-state index in [4.69, 9.17) is 11.6 Å². The molecule has 1 fully saturated rings. The van der Waals surface area contributed by atoms with Crippen molar-refractivity contribution in [2.75, 3.05) is 13.1 Å². The van der Waals surface area contributed by atoms with Crippen molar-refractivity contribution in [3.63, 3.8) is 0 Å². The Hall–Kier alpha value is -1.94. The molecule has 3 rings (SSSR count). The molecule has 1 aliphatic heterocycles. The summed E-state index contributed by atoms with van der Waals surface area (Å²) in [5.41, 5.74) is 2.28. The molecule has 1 aliphatic rings. The largest absolute Gasteiger partial charge is 0.337 e. The van der Waals surface area contributed by atoms with E-state index in [9.17, 15) is 9.18 Å². The maximum atomic E-state index is 12.9. The van der Waals surface area contributed by atoms with E-state index in [-0.39, 0.29) is 17.6 Å². The number of benzene rings is 1. The van der Waals surface area contributed by atoms with Crippen molar-refractivity contribution in [2.24, 2.45) is 0 Å². The highest BCUT2D eigenvalue weighted by molar-refractivity contribution is 6.29. The number of carbonyl (C=O) groups is 1. The number of aromatic nitrogens is 1. The molecule has 1 aromatic carbocycles. The van der Waals surface area contributed by atoms with Gasteiger partial charge in [-0.15, -0.1) is 0 Å². The number of amides is 1. The Morgan fingerprint density at radius 3 is 2.52 bits per heavy atom. The quantitative estimate of drug-likeness (QED) is 0.797. The van der Waals surface area contributed by atoms with Gasteiger partial charge < -0.3 is 4.90 Å². The number of hydrogen-bond donors (Lipinski definition) is 0. The Morgan fingerprint density at radius 1 is 1.24 bits per heavy atom. The Morgan fingerprint density at radius 2 is 1.90 bits per heavy atom. The third-order valence-corrected chi connectivity index (χ3v) is 4.00. The lowest BCUT2D eigenvalue weighted by atomic mass is 9.91. The van der Waals surface area contributed by atoms with Crippen LogP contribution in [0, 0.1) is 12.7 Å². The van der Waals surface area contributed by atoms with Gasteiger partial charge in [-0.05, 0) is 36.8 Å². The summed E-state index contributed by atoms with van der Waals surface area (Å²) in [4.78, 5) is 18.2. The Labute approximate surface area is 127 Å². The van der Waals surface area contributed by atoms with Crippen molar-refractivity contribution in [3.05, 3.63) is 64.2 Å². The summed E-state index contributed by atoms with van der Waals surface area (Å²) in [7, 11) is 0. The Bertz CT molecular complexity index is 681. The first kappa shape index (κ1) is 14.0. The molecule has 0 saturated carbocycles. The molecule has 0 bridgehead atoms. The predicted octanol–water partition coefficient (Wildman–Crippen LogP) is 3.42. The van der Waals surface area contributed by atoms with Gasteiger partial charge in [-0.25, -0.2) is 9.37 Å². The standard InChI is InChI=1S/C16H14ClFN2O/c1-10-14(6-7-15(17)19-10)16(21)20-8-12(9-20)11-2-4-13(18)5-3-11/h2-7,12H,8-9H2,1H3. The van der Waals surface area contributed by atoms with E-state index >= 15 is 0 Å². The Kier molecular flexibility index (Phi) is 3.64. The minimum absolute atomic E-state index is 0.0324. The van der Waals surface area contributed by atoms with Crippen LogP contribution in [0.2, 0.25) is 5.15 Å². The van der Waals surface area contributed by atoms with E-state index in [2.05, 4.69) is 4.98 Å². The van der Waals surface area contributed by atoms with Crippen LogP contribution in [0.3, 0.4) is 0 Å². The zero-order chi connectivity index (χ0) is 15.0. The van der Waals surface area contributed by atoms with Gasteiger partial charge in [-0.3, -0.25) is 4.79 Å². The number of rotatable bonds is 2. The summed E-state index contributed by atoms with van der Waals surface area (Å²) in [6, 6.07) is 9.78. The second kappa shape index (κ2) is 5.45. The van der Waals surface area contributed by atoms with Gasteiger partial charge in [0.2, 0.25) is 0 Å². The van der Waals surface area contributed by atoms with Crippen LogP contribution < -0.4 is 0 Å². The second-order valence-electron chi connectivity index (χ2n) is 5.23. The normalized spacial score (nSPS) is 14.9. The molecule has 0 unspecified atom stereocenters. The van der Waals surface area contributed by atoms with Crippen molar-refractivity contribution in [3.8, 4) is 0 Å². The van der Waals surface area contributed by atoms with Crippen LogP contribution in [0.15, 0.2) is 36.4 Å². The molecule has 21 heavy (non-hydrogen) atoms. The minimum atomic E-state index is -0.242. The van der Waals surface area contributed by atoms with E-state index in [0.717, 1.165) is 5.56 Å².